The highest BCUT2D eigenvalue weighted by molar-refractivity contribution is 6.09. The second-order valence-corrected chi connectivity index (χ2v) is 6.90. The number of likely N-dealkylation sites (tertiary alicyclic amines) is 1. The molecule has 2 aliphatic rings. The monoisotopic (exact) mass is 369 g/mol. The van der Waals surface area contributed by atoms with Gasteiger partial charge in [-0.25, -0.2) is 4.39 Å². The third-order valence-electron chi connectivity index (χ3n) is 5.19. The van der Waals surface area contributed by atoms with Gasteiger partial charge in [-0.05, 0) is 36.8 Å². The molecule has 2 aliphatic heterocycles. The van der Waals surface area contributed by atoms with Gasteiger partial charge in [0.1, 0.15) is 11.6 Å². The maximum atomic E-state index is 14.0. The molecule has 0 unspecified atom stereocenters. The van der Waals surface area contributed by atoms with Gasteiger partial charge in [-0.3, -0.25) is 9.59 Å². The Morgan fingerprint density at radius 1 is 1.22 bits per heavy atom. The third kappa shape index (κ3) is 3.21. The smallest absolute Gasteiger partial charge is 0.223 e. The molecule has 2 aromatic rings. The molecular formula is C21H20FNO4. The first-order chi connectivity index (χ1) is 13.1. The van der Waals surface area contributed by atoms with Gasteiger partial charge in [0.2, 0.25) is 5.91 Å². The number of nitrogens with zero attached hydrogens (tertiary/aromatic N) is 1. The van der Waals surface area contributed by atoms with Crippen LogP contribution in [0.15, 0.2) is 42.5 Å². The summed E-state index contributed by atoms with van der Waals surface area (Å²) in [6.07, 6.45) is 0.797. The summed E-state index contributed by atoms with van der Waals surface area (Å²) in [5.74, 6) is -0.500. The van der Waals surface area contributed by atoms with Crippen LogP contribution < -0.4 is 4.74 Å². The third-order valence-corrected chi connectivity index (χ3v) is 5.19. The lowest BCUT2D eigenvalue weighted by atomic mass is 9.93. The number of rotatable bonds is 3. The van der Waals surface area contributed by atoms with Crippen molar-refractivity contribution in [3.63, 3.8) is 0 Å². The Kier molecular flexibility index (Phi) is 4.66. The van der Waals surface area contributed by atoms with E-state index in [1.165, 1.54) is 18.2 Å². The van der Waals surface area contributed by atoms with Crippen LogP contribution in [0.25, 0.3) is 0 Å². The van der Waals surface area contributed by atoms with E-state index in [0.29, 0.717) is 42.9 Å². The highest BCUT2D eigenvalue weighted by Crippen LogP contribution is 2.38. The number of aliphatic hydroxyl groups is 1. The first kappa shape index (κ1) is 17.7. The van der Waals surface area contributed by atoms with Crippen LogP contribution >= 0.6 is 0 Å². The van der Waals surface area contributed by atoms with E-state index in [1.807, 2.05) is 0 Å². The summed E-state index contributed by atoms with van der Waals surface area (Å²) < 4.78 is 19.8. The molecule has 140 valence electrons. The predicted molar refractivity (Wildman–Crippen MR) is 96.1 cm³/mol. The number of aliphatic hydroxyl groups excluding tert-OH is 1. The van der Waals surface area contributed by atoms with E-state index in [1.54, 1.807) is 29.2 Å². The Morgan fingerprint density at radius 3 is 2.78 bits per heavy atom. The van der Waals surface area contributed by atoms with Gasteiger partial charge in [0.05, 0.1) is 24.3 Å². The van der Waals surface area contributed by atoms with Crippen molar-refractivity contribution in [2.75, 3.05) is 13.2 Å². The topological polar surface area (TPSA) is 66.8 Å². The maximum absolute atomic E-state index is 14.0. The summed E-state index contributed by atoms with van der Waals surface area (Å²) >= 11 is 0. The fourth-order valence-corrected chi connectivity index (χ4v) is 3.85. The average Bonchev–Trinajstić information content (AvgIpc) is 3.01. The van der Waals surface area contributed by atoms with E-state index in [0.717, 1.165) is 6.42 Å². The SMILES string of the molecule is O=C(c1ccc2c(c1)[C@H](N1CCCC1=O)[C@@H](O)CCO2)c1ccccc1F. The first-order valence-corrected chi connectivity index (χ1v) is 9.10. The Labute approximate surface area is 156 Å². The van der Waals surface area contributed by atoms with E-state index in [4.69, 9.17) is 4.74 Å². The van der Waals surface area contributed by atoms with E-state index in [9.17, 15) is 19.1 Å². The van der Waals surface area contributed by atoms with Crippen molar-refractivity contribution in [2.45, 2.75) is 31.4 Å². The van der Waals surface area contributed by atoms with E-state index in [2.05, 4.69) is 0 Å². The minimum Gasteiger partial charge on any atom is -0.493 e. The van der Waals surface area contributed by atoms with Gasteiger partial charge in [-0.15, -0.1) is 0 Å². The molecule has 1 amide bonds. The molecule has 1 fully saturated rings. The van der Waals surface area contributed by atoms with Gasteiger partial charge in [-0.2, -0.15) is 0 Å². The molecule has 1 N–H and O–H groups in total. The lowest BCUT2D eigenvalue weighted by Crippen LogP contribution is -2.37. The molecule has 2 heterocycles. The maximum Gasteiger partial charge on any atom is 0.223 e. The van der Waals surface area contributed by atoms with Crippen LogP contribution in [0, 0.1) is 5.82 Å². The van der Waals surface area contributed by atoms with Gasteiger partial charge in [0, 0.05) is 30.5 Å². The predicted octanol–water partition coefficient (Wildman–Crippen LogP) is 2.86. The molecule has 1 saturated heterocycles. The van der Waals surface area contributed by atoms with Crippen LogP contribution in [0.2, 0.25) is 0 Å². The molecule has 0 spiro atoms. The Hall–Kier alpha value is -2.73. The standard InChI is InChI=1S/C21H20FNO4/c22-16-5-2-1-4-14(16)21(26)13-7-8-18-15(12-13)20(17(24)9-11-27-18)23-10-3-6-19(23)25/h1-2,4-5,7-8,12,17,20,24H,3,6,9-11H2/t17-,20-/m0/s1. The number of hydrogen-bond acceptors (Lipinski definition) is 4. The molecule has 2 aromatic carbocycles. The quantitative estimate of drug-likeness (QED) is 0.845. The highest BCUT2D eigenvalue weighted by atomic mass is 19.1. The summed E-state index contributed by atoms with van der Waals surface area (Å²) in [6.45, 7) is 0.888. The fraction of sp³-hybridized carbons (Fsp3) is 0.333. The highest BCUT2D eigenvalue weighted by Gasteiger charge is 2.37. The van der Waals surface area contributed by atoms with Crippen LogP contribution in [0.4, 0.5) is 4.39 Å². The second kappa shape index (κ2) is 7.12. The number of benzene rings is 2. The van der Waals surface area contributed by atoms with Crippen molar-refractivity contribution < 1.29 is 23.8 Å². The number of carbonyl (C=O) groups is 2. The fourth-order valence-electron chi connectivity index (χ4n) is 3.85. The van der Waals surface area contributed by atoms with E-state index in [-0.39, 0.29) is 11.5 Å². The molecule has 5 nitrogen and oxygen atoms in total. The number of halogens is 1. The molecule has 0 aliphatic carbocycles. The van der Waals surface area contributed by atoms with Gasteiger partial charge in [0.25, 0.3) is 0 Å². The minimum atomic E-state index is -0.785. The number of hydrogen-bond donors (Lipinski definition) is 1. The normalized spacial score (nSPS) is 22.1. The second-order valence-electron chi connectivity index (χ2n) is 6.90. The van der Waals surface area contributed by atoms with Crippen LogP contribution in [-0.4, -0.2) is 41.0 Å². The summed E-state index contributed by atoms with van der Waals surface area (Å²) in [7, 11) is 0. The van der Waals surface area contributed by atoms with E-state index < -0.39 is 23.7 Å². The van der Waals surface area contributed by atoms with Crippen molar-refractivity contribution in [3.05, 3.63) is 65.0 Å². The zero-order valence-corrected chi connectivity index (χ0v) is 14.7. The van der Waals surface area contributed by atoms with Crippen LogP contribution in [0.3, 0.4) is 0 Å². The molecule has 0 aromatic heterocycles. The lowest BCUT2D eigenvalue weighted by molar-refractivity contribution is -0.132. The van der Waals surface area contributed by atoms with Gasteiger partial charge in [0.15, 0.2) is 5.78 Å². The average molecular weight is 369 g/mol. The Morgan fingerprint density at radius 2 is 2.04 bits per heavy atom. The van der Waals surface area contributed by atoms with Gasteiger partial charge < -0.3 is 14.7 Å². The molecule has 0 saturated carbocycles. The molecule has 4 rings (SSSR count). The minimum absolute atomic E-state index is 0.0127. The zero-order chi connectivity index (χ0) is 19.0. The number of fused-ring (bicyclic) bond motifs is 1. The van der Waals surface area contributed by atoms with Crippen molar-refractivity contribution in [2.24, 2.45) is 0 Å². The molecular weight excluding hydrogens is 349 g/mol. The van der Waals surface area contributed by atoms with Gasteiger partial charge >= 0.3 is 0 Å². The van der Waals surface area contributed by atoms with Crippen LogP contribution in [0.5, 0.6) is 5.75 Å². The molecule has 0 bridgehead atoms. The van der Waals surface area contributed by atoms with Crippen molar-refractivity contribution in [1.82, 2.24) is 4.90 Å². The lowest BCUT2D eigenvalue weighted by Gasteiger charge is -2.31. The number of ether oxygens (including phenoxy) is 1. The number of carbonyl (C=O) groups excluding carboxylic acids is 2. The van der Waals surface area contributed by atoms with E-state index >= 15 is 0 Å². The van der Waals surface area contributed by atoms with Crippen LogP contribution in [0.1, 0.15) is 46.8 Å². The summed E-state index contributed by atoms with van der Waals surface area (Å²) in [5, 5.41) is 10.6. The van der Waals surface area contributed by atoms with Crippen molar-refractivity contribution in [1.29, 1.82) is 0 Å². The Bertz CT molecular complexity index is 898. The molecule has 2 atom stereocenters. The molecule has 0 radical (unpaired) electrons. The number of amides is 1. The summed E-state index contributed by atoms with van der Waals surface area (Å²) in [4.78, 5) is 26.7. The van der Waals surface area contributed by atoms with Crippen molar-refractivity contribution >= 4 is 11.7 Å². The first-order valence-electron chi connectivity index (χ1n) is 9.10. The summed E-state index contributed by atoms with van der Waals surface area (Å²) in [5.41, 5.74) is 0.881. The largest absolute Gasteiger partial charge is 0.493 e. The summed E-state index contributed by atoms with van der Waals surface area (Å²) in [6, 6.07) is 10.1. The molecule has 27 heavy (non-hydrogen) atoms. The zero-order valence-electron chi connectivity index (χ0n) is 14.7. The van der Waals surface area contributed by atoms with Crippen molar-refractivity contribution in [3.8, 4) is 5.75 Å². The Balaban J connectivity index is 1.77. The van der Waals surface area contributed by atoms with Crippen LogP contribution in [-0.2, 0) is 4.79 Å². The number of ketones is 1. The molecule has 6 heteroatoms. The van der Waals surface area contributed by atoms with Gasteiger partial charge in [-0.1, -0.05) is 12.1 Å².